The zero-order chi connectivity index (χ0) is 13.1. The summed E-state index contributed by atoms with van der Waals surface area (Å²) in [5.74, 6) is -0.170. The number of hydrogen-bond acceptors (Lipinski definition) is 2. The Hall–Kier alpha value is -2.00. The maximum atomic E-state index is 11.9. The molecule has 0 aliphatic rings. The molecule has 3 N–H and O–H groups in total. The minimum absolute atomic E-state index is 0.170. The van der Waals surface area contributed by atoms with Crippen molar-refractivity contribution in [1.82, 2.24) is 0 Å². The average molecular weight is 261 g/mol. The van der Waals surface area contributed by atoms with Gasteiger partial charge in [-0.3, -0.25) is 4.79 Å². The van der Waals surface area contributed by atoms with E-state index in [9.17, 15) is 4.79 Å². The van der Waals surface area contributed by atoms with Gasteiger partial charge in [-0.05, 0) is 37.3 Å². The fourth-order valence-electron chi connectivity index (χ4n) is 1.53. The molecule has 4 heteroatoms. The van der Waals surface area contributed by atoms with Crippen LogP contribution in [0.5, 0.6) is 0 Å². The molecule has 0 saturated heterocycles. The van der Waals surface area contributed by atoms with Gasteiger partial charge in [-0.2, -0.15) is 0 Å². The smallest absolute Gasteiger partial charge is 0.255 e. The predicted octanol–water partition coefficient (Wildman–Crippen LogP) is 3.48. The molecule has 3 nitrogen and oxygen atoms in total. The Morgan fingerprint density at radius 3 is 2.44 bits per heavy atom. The van der Waals surface area contributed by atoms with E-state index in [2.05, 4.69) is 5.32 Å². The highest BCUT2D eigenvalue weighted by atomic mass is 35.5. The Morgan fingerprint density at radius 1 is 1.17 bits per heavy atom. The summed E-state index contributed by atoms with van der Waals surface area (Å²) >= 11 is 5.81. The monoisotopic (exact) mass is 260 g/mol. The number of halogens is 1. The van der Waals surface area contributed by atoms with Crippen molar-refractivity contribution in [3.05, 3.63) is 58.6 Å². The third-order valence-corrected chi connectivity index (χ3v) is 2.91. The molecule has 1 amide bonds. The summed E-state index contributed by atoms with van der Waals surface area (Å²) in [5, 5.41) is 3.24. The fourth-order valence-corrected chi connectivity index (χ4v) is 1.65. The van der Waals surface area contributed by atoms with Crippen LogP contribution < -0.4 is 11.1 Å². The van der Waals surface area contributed by atoms with Crippen molar-refractivity contribution in [2.75, 3.05) is 11.1 Å². The minimum atomic E-state index is -0.170. The summed E-state index contributed by atoms with van der Waals surface area (Å²) in [6, 6.07) is 12.4. The molecule has 2 aromatic rings. The molecule has 0 fully saturated rings. The third kappa shape index (κ3) is 2.81. The lowest BCUT2D eigenvalue weighted by atomic mass is 10.1. The first-order chi connectivity index (χ1) is 8.56. The van der Waals surface area contributed by atoms with Gasteiger partial charge in [-0.1, -0.05) is 29.3 Å². The maximum absolute atomic E-state index is 11.9. The first kappa shape index (κ1) is 12.5. The topological polar surface area (TPSA) is 55.1 Å². The average Bonchev–Trinajstić information content (AvgIpc) is 2.34. The Kier molecular flexibility index (Phi) is 3.53. The predicted molar refractivity (Wildman–Crippen MR) is 75.0 cm³/mol. The van der Waals surface area contributed by atoms with Gasteiger partial charge in [-0.25, -0.2) is 0 Å². The summed E-state index contributed by atoms with van der Waals surface area (Å²) in [6.45, 7) is 1.97. The lowest BCUT2D eigenvalue weighted by Gasteiger charge is -2.07. The number of nitrogens with one attached hydrogen (secondary N) is 1. The molecule has 92 valence electrons. The van der Waals surface area contributed by atoms with Gasteiger partial charge in [0.1, 0.15) is 0 Å². The van der Waals surface area contributed by atoms with Gasteiger partial charge >= 0.3 is 0 Å². The van der Waals surface area contributed by atoms with Crippen LogP contribution in [0.25, 0.3) is 0 Å². The van der Waals surface area contributed by atoms with E-state index in [1.165, 1.54) is 0 Å². The van der Waals surface area contributed by atoms with Crippen molar-refractivity contribution in [3.63, 3.8) is 0 Å². The summed E-state index contributed by atoms with van der Waals surface area (Å²) in [6.07, 6.45) is 0. The Bertz CT molecular complexity index is 579. The number of amides is 1. The molecule has 0 aliphatic heterocycles. The molecule has 0 radical (unpaired) electrons. The van der Waals surface area contributed by atoms with E-state index in [4.69, 9.17) is 17.3 Å². The number of benzene rings is 2. The van der Waals surface area contributed by atoms with Crippen molar-refractivity contribution < 1.29 is 4.79 Å². The summed E-state index contributed by atoms with van der Waals surface area (Å²) in [5.41, 5.74) is 8.46. The van der Waals surface area contributed by atoms with E-state index in [0.717, 1.165) is 5.56 Å². The van der Waals surface area contributed by atoms with Crippen LogP contribution in [0.2, 0.25) is 5.02 Å². The van der Waals surface area contributed by atoms with Gasteiger partial charge in [0.25, 0.3) is 5.91 Å². The van der Waals surface area contributed by atoms with Gasteiger partial charge in [0.15, 0.2) is 0 Å². The number of carbonyl (C=O) groups excluding carboxylic acids is 1. The van der Waals surface area contributed by atoms with E-state index < -0.39 is 0 Å². The summed E-state index contributed by atoms with van der Waals surface area (Å²) < 4.78 is 0. The molecule has 0 aliphatic carbocycles. The fraction of sp³-hybridized carbons (Fsp3) is 0.0714. The first-order valence-corrected chi connectivity index (χ1v) is 5.87. The summed E-state index contributed by atoms with van der Waals surface area (Å²) in [4.78, 5) is 11.9. The molecular weight excluding hydrogens is 248 g/mol. The van der Waals surface area contributed by atoms with Crippen molar-refractivity contribution in [3.8, 4) is 0 Å². The van der Waals surface area contributed by atoms with Crippen LogP contribution in [0, 0.1) is 6.92 Å². The molecule has 2 aromatic carbocycles. The van der Waals surface area contributed by atoms with Crippen LogP contribution in [0.4, 0.5) is 11.4 Å². The van der Waals surface area contributed by atoms with Crippen molar-refractivity contribution in [2.45, 2.75) is 6.92 Å². The normalized spacial score (nSPS) is 10.1. The number of nitrogens with two attached hydrogens (primary N) is 1. The highest BCUT2D eigenvalue weighted by molar-refractivity contribution is 6.33. The Balaban J connectivity index is 2.16. The second-order valence-corrected chi connectivity index (χ2v) is 4.46. The van der Waals surface area contributed by atoms with Crippen LogP contribution >= 0.6 is 11.6 Å². The molecule has 0 unspecified atom stereocenters. The van der Waals surface area contributed by atoms with Gasteiger partial charge in [0, 0.05) is 11.3 Å². The molecule has 0 heterocycles. The Morgan fingerprint density at radius 2 is 1.83 bits per heavy atom. The number of anilines is 2. The Labute approximate surface area is 111 Å². The zero-order valence-electron chi connectivity index (χ0n) is 9.91. The van der Waals surface area contributed by atoms with Crippen molar-refractivity contribution >= 4 is 28.9 Å². The standard InChI is InChI=1S/C14H13ClN2O/c1-9-2-4-10(5-3-9)14(18)17-11-6-7-12(15)13(16)8-11/h2-8H,16H2,1H3,(H,17,18). The highest BCUT2D eigenvalue weighted by Gasteiger charge is 2.06. The molecular formula is C14H13ClN2O. The second kappa shape index (κ2) is 5.10. The van der Waals surface area contributed by atoms with Gasteiger partial charge in [0.2, 0.25) is 0 Å². The van der Waals surface area contributed by atoms with Gasteiger partial charge in [-0.15, -0.1) is 0 Å². The van der Waals surface area contributed by atoms with Crippen LogP contribution in [-0.2, 0) is 0 Å². The van der Waals surface area contributed by atoms with Gasteiger partial charge < -0.3 is 11.1 Å². The molecule has 0 bridgehead atoms. The third-order valence-electron chi connectivity index (χ3n) is 2.57. The molecule has 0 atom stereocenters. The number of aryl methyl sites for hydroxylation is 1. The van der Waals surface area contributed by atoms with Crippen LogP contribution in [0.15, 0.2) is 42.5 Å². The van der Waals surface area contributed by atoms with E-state index in [0.29, 0.717) is 22.0 Å². The minimum Gasteiger partial charge on any atom is -0.397 e. The molecule has 2 rings (SSSR count). The van der Waals surface area contributed by atoms with Crippen molar-refractivity contribution in [1.29, 1.82) is 0 Å². The van der Waals surface area contributed by atoms with Crippen molar-refractivity contribution in [2.24, 2.45) is 0 Å². The van der Waals surface area contributed by atoms with E-state index >= 15 is 0 Å². The number of rotatable bonds is 2. The van der Waals surface area contributed by atoms with Crippen LogP contribution in [-0.4, -0.2) is 5.91 Å². The number of nitrogen functional groups attached to an aromatic ring is 1. The highest BCUT2D eigenvalue weighted by Crippen LogP contribution is 2.22. The van der Waals surface area contributed by atoms with Gasteiger partial charge in [0.05, 0.1) is 10.7 Å². The maximum Gasteiger partial charge on any atom is 0.255 e. The van der Waals surface area contributed by atoms with Crippen LogP contribution in [0.3, 0.4) is 0 Å². The van der Waals surface area contributed by atoms with E-state index in [-0.39, 0.29) is 5.91 Å². The molecule has 0 saturated carbocycles. The number of carbonyl (C=O) groups is 1. The SMILES string of the molecule is Cc1ccc(C(=O)Nc2ccc(Cl)c(N)c2)cc1. The quantitative estimate of drug-likeness (QED) is 0.812. The zero-order valence-corrected chi connectivity index (χ0v) is 10.7. The molecule has 0 spiro atoms. The molecule has 18 heavy (non-hydrogen) atoms. The largest absolute Gasteiger partial charge is 0.397 e. The first-order valence-electron chi connectivity index (χ1n) is 5.49. The molecule has 0 aromatic heterocycles. The number of hydrogen-bond donors (Lipinski definition) is 2. The lowest BCUT2D eigenvalue weighted by Crippen LogP contribution is -2.11. The van der Waals surface area contributed by atoms with E-state index in [1.54, 1.807) is 30.3 Å². The van der Waals surface area contributed by atoms with E-state index in [1.807, 2.05) is 19.1 Å². The second-order valence-electron chi connectivity index (χ2n) is 4.06. The lowest BCUT2D eigenvalue weighted by molar-refractivity contribution is 0.102. The van der Waals surface area contributed by atoms with Crippen LogP contribution in [0.1, 0.15) is 15.9 Å². The summed E-state index contributed by atoms with van der Waals surface area (Å²) in [7, 11) is 0.